The van der Waals surface area contributed by atoms with Crippen molar-refractivity contribution >= 4 is 29.5 Å². The van der Waals surface area contributed by atoms with Crippen molar-refractivity contribution in [3.05, 3.63) is 89.0 Å². The van der Waals surface area contributed by atoms with Crippen LogP contribution in [-0.2, 0) is 9.53 Å². The summed E-state index contributed by atoms with van der Waals surface area (Å²) in [6, 6.07) is 21.0. The second-order valence-electron chi connectivity index (χ2n) is 13.2. The van der Waals surface area contributed by atoms with Gasteiger partial charge in [-0.15, -0.1) is 0 Å². The number of likely N-dealkylation sites (tertiary alicyclic amines) is 1. The smallest absolute Gasteiger partial charge is 0.409 e. The molecule has 0 aromatic heterocycles. The fourth-order valence-electron chi connectivity index (χ4n) is 7.50. The van der Waals surface area contributed by atoms with Crippen LogP contribution in [0.5, 0.6) is 11.5 Å². The van der Waals surface area contributed by atoms with Gasteiger partial charge in [0.25, 0.3) is 11.8 Å². The quantitative estimate of drug-likeness (QED) is 0.196. The molecule has 4 amide bonds. The number of imide groups is 1. The maximum atomic E-state index is 14.4. The number of ether oxygens (including phenoxy) is 3. The first kappa shape index (κ1) is 35.7. The molecule has 2 fully saturated rings. The van der Waals surface area contributed by atoms with Crippen LogP contribution in [0.3, 0.4) is 0 Å². The van der Waals surface area contributed by atoms with Gasteiger partial charge in [-0.25, -0.2) is 4.79 Å². The van der Waals surface area contributed by atoms with E-state index in [0.29, 0.717) is 54.0 Å². The van der Waals surface area contributed by atoms with E-state index in [1.54, 1.807) is 37.3 Å². The number of carbonyl (C=O) groups is 4. The molecule has 3 atom stereocenters. The van der Waals surface area contributed by atoms with Crippen molar-refractivity contribution < 1.29 is 33.4 Å². The highest BCUT2D eigenvalue weighted by molar-refractivity contribution is 6.24. The van der Waals surface area contributed by atoms with Crippen LogP contribution in [0.4, 0.5) is 10.5 Å². The number of nitrogens with one attached hydrogen (secondary N) is 1. The first-order chi connectivity index (χ1) is 24.7. The van der Waals surface area contributed by atoms with E-state index in [1.165, 1.54) is 17.4 Å². The standard InChI is InChI=1S/C39H47N5O7/c1-26(28-11-6-5-7-12-28)41-21-23-42(24-22-41)32-14-8-13-30-36(32)38(47)44(37(30)46)31(29-17-18-33(49-3)34(25-29)50-4)15-9-19-40-39(48)51-35-16-10-20-43(35)27(2)45/h5-8,11-14,17-18,25-26,31,35H,9-10,15-16,19-24H2,1-4H3,(H,40,48)/t26-,31-,35-/m1/s1. The first-order valence-electron chi connectivity index (χ1n) is 17.7. The Hall–Kier alpha value is -5.10. The number of nitrogens with zero attached hydrogens (tertiary/aromatic N) is 4. The van der Waals surface area contributed by atoms with Gasteiger partial charge in [-0.05, 0) is 61.6 Å². The van der Waals surface area contributed by atoms with E-state index in [4.69, 9.17) is 14.2 Å². The Morgan fingerprint density at radius 2 is 1.61 bits per heavy atom. The predicted molar refractivity (Wildman–Crippen MR) is 192 cm³/mol. The zero-order valence-corrected chi connectivity index (χ0v) is 29.8. The minimum Gasteiger partial charge on any atom is -0.493 e. The fraction of sp³-hybridized carbons (Fsp3) is 0.436. The third-order valence-electron chi connectivity index (χ3n) is 10.3. The van der Waals surface area contributed by atoms with Gasteiger partial charge < -0.3 is 29.3 Å². The number of methoxy groups -OCH3 is 2. The van der Waals surface area contributed by atoms with Crippen molar-refractivity contribution in [3.63, 3.8) is 0 Å². The molecular weight excluding hydrogens is 650 g/mol. The van der Waals surface area contributed by atoms with Crippen LogP contribution in [0, 0.1) is 0 Å². The maximum Gasteiger partial charge on any atom is 0.409 e. The van der Waals surface area contributed by atoms with Gasteiger partial charge in [-0.3, -0.25) is 24.2 Å². The number of fused-ring (bicyclic) bond motifs is 1. The summed E-state index contributed by atoms with van der Waals surface area (Å²) in [6.07, 6.45) is 0.991. The number of rotatable bonds is 12. The van der Waals surface area contributed by atoms with E-state index < -0.39 is 18.4 Å². The van der Waals surface area contributed by atoms with Gasteiger partial charge in [0.05, 0.1) is 37.1 Å². The molecule has 3 aromatic rings. The molecular formula is C39H47N5O7. The molecule has 12 heteroatoms. The highest BCUT2D eigenvalue weighted by Gasteiger charge is 2.43. The molecule has 0 spiro atoms. The van der Waals surface area contributed by atoms with Gasteiger partial charge in [0.15, 0.2) is 17.7 Å². The van der Waals surface area contributed by atoms with Gasteiger partial charge in [0.1, 0.15) is 0 Å². The lowest BCUT2D eigenvalue weighted by molar-refractivity contribution is -0.135. The summed E-state index contributed by atoms with van der Waals surface area (Å²) >= 11 is 0. The maximum absolute atomic E-state index is 14.4. The largest absolute Gasteiger partial charge is 0.493 e. The number of anilines is 1. The van der Waals surface area contributed by atoms with Crippen molar-refractivity contribution in [3.8, 4) is 11.5 Å². The second-order valence-corrected chi connectivity index (χ2v) is 13.2. The normalized spacial score (nSPS) is 18.7. The predicted octanol–water partition coefficient (Wildman–Crippen LogP) is 5.40. The van der Waals surface area contributed by atoms with Crippen LogP contribution in [0.15, 0.2) is 66.7 Å². The van der Waals surface area contributed by atoms with Gasteiger partial charge in [-0.1, -0.05) is 42.5 Å². The molecule has 0 aliphatic carbocycles. The molecule has 0 bridgehead atoms. The van der Waals surface area contributed by atoms with E-state index in [-0.39, 0.29) is 30.3 Å². The Morgan fingerprint density at radius 1 is 0.863 bits per heavy atom. The molecule has 3 aliphatic heterocycles. The number of hydrogen-bond acceptors (Lipinski definition) is 9. The van der Waals surface area contributed by atoms with Crippen molar-refractivity contribution in [2.24, 2.45) is 0 Å². The molecule has 6 rings (SSSR count). The molecule has 3 aromatic carbocycles. The lowest BCUT2D eigenvalue weighted by atomic mass is 9.99. The topological polar surface area (TPSA) is 121 Å². The Morgan fingerprint density at radius 3 is 2.31 bits per heavy atom. The average Bonchev–Trinajstić information content (AvgIpc) is 3.73. The summed E-state index contributed by atoms with van der Waals surface area (Å²) in [5.41, 5.74) is 3.55. The Bertz CT molecular complexity index is 1740. The minimum atomic E-state index is -0.644. The molecule has 0 unspecified atom stereocenters. The van der Waals surface area contributed by atoms with Gasteiger partial charge in [0.2, 0.25) is 5.91 Å². The van der Waals surface area contributed by atoms with Crippen LogP contribution in [-0.4, -0.2) is 98.2 Å². The number of carbonyl (C=O) groups excluding carboxylic acids is 4. The monoisotopic (exact) mass is 697 g/mol. The number of benzene rings is 3. The van der Waals surface area contributed by atoms with Gasteiger partial charge >= 0.3 is 6.09 Å². The average molecular weight is 698 g/mol. The summed E-state index contributed by atoms with van der Waals surface area (Å²) in [5, 5.41) is 2.78. The minimum absolute atomic E-state index is 0.132. The van der Waals surface area contributed by atoms with E-state index in [1.807, 2.05) is 24.3 Å². The molecule has 0 saturated carbocycles. The Balaban J connectivity index is 1.18. The lowest BCUT2D eigenvalue weighted by Gasteiger charge is -2.39. The molecule has 270 valence electrons. The summed E-state index contributed by atoms with van der Waals surface area (Å²) in [7, 11) is 3.09. The van der Waals surface area contributed by atoms with Crippen molar-refractivity contribution in [2.75, 3.05) is 58.4 Å². The zero-order chi connectivity index (χ0) is 36.1. The second kappa shape index (κ2) is 15.8. The number of alkyl carbamates (subject to hydrolysis) is 1. The number of hydrogen-bond donors (Lipinski definition) is 1. The Labute approximate surface area is 299 Å². The molecule has 1 N–H and O–H groups in total. The summed E-state index contributed by atoms with van der Waals surface area (Å²) in [6.45, 7) is 7.58. The summed E-state index contributed by atoms with van der Waals surface area (Å²) < 4.78 is 16.6. The zero-order valence-electron chi connectivity index (χ0n) is 29.8. The van der Waals surface area contributed by atoms with Crippen LogP contribution < -0.4 is 19.7 Å². The fourth-order valence-corrected chi connectivity index (χ4v) is 7.50. The van der Waals surface area contributed by atoms with Crippen molar-refractivity contribution in [1.82, 2.24) is 20.0 Å². The third-order valence-corrected chi connectivity index (χ3v) is 10.3. The van der Waals surface area contributed by atoms with Crippen LogP contribution in [0.25, 0.3) is 0 Å². The highest BCUT2D eigenvalue weighted by Crippen LogP contribution is 2.40. The van der Waals surface area contributed by atoms with E-state index >= 15 is 0 Å². The lowest BCUT2D eigenvalue weighted by Crippen LogP contribution is -2.47. The summed E-state index contributed by atoms with van der Waals surface area (Å²) in [4.78, 5) is 60.7. The van der Waals surface area contributed by atoms with Crippen molar-refractivity contribution in [2.45, 2.75) is 57.8 Å². The van der Waals surface area contributed by atoms with Gasteiger partial charge in [0, 0.05) is 58.7 Å². The van der Waals surface area contributed by atoms with Crippen LogP contribution in [0.2, 0.25) is 0 Å². The Kier molecular flexibility index (Phi) is 11.1. The number of amides is 4. The van der Waals surface area contributed by atoms with Gasteiger partial charge in [-0.2, -0.15) is 0 Å². The third kappa shape index (κ3) is 7.51. The molecule has 0 radical (unpaired) electrons. The SMILES string of the molecule is COc1ccc([C@@H](CCCNC(=O)O[C@@H]2CCCN2C(C)=O)N2C(=O)c3cccc(N4CCN([C@H](C)c5ccccc5)CC4)c3C2=O)cc1OC. The molecule has 3 aliphatic rings. The van der Waals surface area contributed by atoms with E-state index in [2.05, 4.69) is 46.3 Å². The highest BCUT2D eigenvalue weighted by atomic mass is 16.6. The molecule has 2 saturated heterocycles. The number of piperazine rings is 1. The molecule has 3 heterocycles. The first-order valence-corrected chi connectivity index (χ1v) is 17.7. The van der Waals surface area contributed by atoms with Crippen molar-refractivity contribution in [1.29, 1.82) is 0 Å². The van der Waals surface area contributed by atoms with E-state index in [9.17, 15) is 19.2 Å². The molecule has 12 nitrogen and oxygen atoms in total. The van der Waals surface area contributed by atoms with Crippen LogP contribution >= 0.6 is 0 Å². The van der Waals surface area contributed by atoms with Crippen LogP contribution in [0.1, 0.15) is 83.5 Å². The van der Waals surface area contributed by atoms with E-state index in [0.717, 1.165) is 38.3 Å². The molecule has 51 heavy (non-hydrogen) atoms. The summed E-state index contributed by atoms with van der Waals surface area (Å²) in [5.74, 6) is 0.177.